The van der Waals surface area contributed by atoms with Gasteiger partial charge in [0, 0.05) is 87.6 Å². The van der Waals surface area contributed by atoms with Crippen LogP contribution in [0, 0.1) is 0 Å². The van der Waals surface area contributed by atoms with E-state index in [-0.39, 0.29) is 45.8 Å². The number of hydrogen-bond acceptors (Lipinski definition) is 14. The molecule has 5 aliphatic carbocycles. The third-order valence-corrected chi connectivity index (χ3v) is 27.3. The van der Waals surface area contributed by atoms with Gasteiger partial charge < -0.3 is 43.6 Å². The summed E-state index contributed by atoms with van der Waals surface area (Å²) >= 11 is 30.0. The third-order valence-electron chi connectivity index (χ3n) is 25.7. The monoisotopic (exact) mass is 1730 g/mol. The van der Waals surface area contributed by atoms with Crippen molar-refractivity contribution >= 4 is 125 Å². The molecule has 0 saturated heterocycles. The predicted octanol–water partition coefficient (Wildman–Crippen LogP) is 20.8. The van der Waals surface area contributed by atoms with Gasteiger partial charge in [0.1, 0.15) is 17.8 Å². The standard InChI is InChI=1S/C27H25ClN4O2.C21H21BrClNO2.2C19H17ClN4O.C7H6N2/c1-34-21-7-5-18(6-8-21)17-32-26(33)25-22(27(32)10-3-2-4-11-27)13-20(14-23(25)28)31-12-9-19-15-29-30-16-24(19)31;1-26-16-7-5-14(6-8-16)13-24-20(25)19-17(11-15(22)12-18(19)23)21(24)9-3-2-4-10-21;2*20-15-9-13(24-7-4-12-10-21-22-11-16(12)24)8-14-17(15)18(25)23-19(14)5-2-1-3-6-19;1-2-6-4-8-5-9-7(6)3-1/h5-9,12-16H,2-4,10-11,17H2,1H3;5-8,11-12H,2-4,9-10,13H2,1H3;2*4,7-11H,1-3,5-6H2,(H,23,25);1-2,4-5H,3H2. The molecule has 11 heterocycles. The number of carbonyl (C=O) groups is 4. The number of allylic oxidation sites excluding steroid dienone is 1. The van der Waals surface area contributed by atoms with E-state index in [0.717, 1.165) is 220 Å². The van der Waals surface area contributed by atoms with E-state index in [0.29, 0.717) is 55.4 Å². The van der Waals surface area contributed by atoms with Crippen LogP contribution in [0.25, 0.3) is 55.8 Å². The Morgan fingerprint density at radius 3 is 1.19 bits per heavy atom. The summed E-state index contributed by atoms with van der Waals surface area (Å²) in [5.41, 5.74) is 16.0. The van der Waals surface area contributed by atoms with Crippen LogP contribution in [0.3, 0.4) is 0 Å². The number of amides is 4. The van der Waals surface area contributed by atoms with E-state index in [4.69, 9.17) is 55.9 Å². The van der Waals surface area contributed by atoms with Crippen LogP contribution in [-0.2, 0) is 41.7 Å². The van der Waals surface area contributed by atoms with Crippen LogP contribution < -0.4 is 20.1 Å². The molecule has 0 unspecified atom stereocenters. The second kappa shape index (κ2) is 33.0. The molecule has 0 atom stereocenters. The van der Waals surface area contributed by atoms with Crippen molar-refractivity contribution in [3.63, 3.8) is 0 Å². The van der Waals surface area contributed by atoms with Crippen molar-refractivity contribution in [1.82, 2.24) is 74.7 Å². The highest BCUT2D eigenvalue weighted by molar-refractivity contribution is 9.10. The molecule has 4 saturated carbocycles. The summed E-state index contributed by atoms with van der Waals surface area (Å²) in [6.07, 6.45) is 46.6. The molecule has 9 aliphatic rings. The molecule has 4 amide bonds. The number of halogens is 5. The van der Waals surface area contributed by atoms with E-state index in [1.54, 1.807) is 57.7 Å². The van der Waals surface area contributed by atoms with Crippen LogP contribution in [0.2, 0.25) is 20.1 Å². The topological polar surface area (TPSA) is 235 Å². The highest BCUT2D eigenvalue weighted by Crippen LogP contribution is 2.55. The van der Waals surface area contributed by atoms with E-state index in [1.807, 2.05) is 116 Å². The number of nitrogens with one attached hydrogen (secondary N) is 2. The fourth-order valence-corrected chi connectivity index (χ4v) is 21.6. The molecule has 13 aromatic rings. The first-order chi connectivity index (χ1) is 58.0. The lowest BCUT2D eigenvalue weighted by molar-refractivity contribution is 0.0380. The Hall–Kier alpha value is -10.9. The van der Waals surface area contributed by atoms with E-state index >= 15 is 0 Å². The normalized spacial score (nSPS) is 17.6. The lowest BCUT2D eigenvalue weighted by Crippen LogP contribution is -2.44. The number of methoxy groups -OCH3 is 2. The van der Waals surface area contributed by atoms with Gasteiger partial charge in [0.2, 0.25) is 0 Å². The van der Waals surface area contributed by atoms with Crippen molar-refractivity contribution in [3.8, 4) is 28.6 Å². The summed E-state index contributed by atoms with van der Waals surface area (Å²) in [6, 6.07) is 37.9. The number of rotatable bonds is 9. The van der Waals surface area contributed by atoms with Crippen molar-refractivity contribution in [2.75, 3.05) is 14.2 Å². The van der Waals surface area contributed by atoms with Gasteiger partial charge in [-0.25, -0.2) is 9.97 Å². The Bertz CT molecular complexity index is 5980. The molecular formula is C93H86BrCl4N15O6. The Balaban J connectivity index is 0.000000106. The quantitative estimate of drug-likeness (QED) is 0.137. The summed E-state index contributed by atoms with van der Waals surface area (Å²) in [5, 5.41) is 35.5. The fraction of sp³-hybridized carbons (Fsp3) is 0.312. The van der Waals surface area contributed by atoms with Crippen molar-refractivity contribution in [1.29, 1.82) is 0 Å². The number of ether oxygens (including phenoxy) is 2. The lowest BCUT2D eigenvalue weighted by Gasteiger charge is -2.42. The number of aromatic nitrogens is 11. The SMILES string of the molecule is C1=Cc2cncnc2C1.COc1ccc(CN2C(=O)c3c(Cl)cc(-n4ccc5cnncc54)cc3C23CCCCC3)cc1.COc1ccc(CN2C(=O)c3c(Cl)cc(Br)cc3C23CCCCC3)cc1.O=C1NC2(CCCCC2)c2cc(-n3ccc4cnncc43)cc(Cl)c21.O=C1NC2(CCCCC2)c2cc(-n3ccc4cnncc43)cc(Cl)c21. The van der Waals surface area contributed by atoms with Crippen LogP contribution in [0.15, 0.2) is 194 Å². The van der Waals surface area contributed by atoms with Gasteiger partial charge >= 0.3 is 0 Å². The largest absolute Gasteiger partial charge is 0.497 e. The number of carbonyl (C=O) groups excluding carboxylic acids is 4. The number of nitrogens with zero attached hydrogens (tertiary/aromatic N) is 13. The first kappa shape index (κ1) is 79.2. The van der Waals surface area contributed by atoms with Crippen LogP contribution in [0.4, 0.5) is 0 Å². The molecule has 119 heavy (non-hydrogen) atoms. The molecule has 7 aromatic heterocycles. The molecule has 2 N–H and O–H groups in total. The van der Waals surface area contributed by atoms with E-state index in [1.165, 1.54) is 25.7 Å². The molecule has 21 nitrogen and oxygen atoms in total. The molecule has 4 aliphatic heterocycles. The highest BCUT2D eigenvalue weighted by Gasteiger charge is 2.53. The summed E-state index contributed by atoms with van der Waals surface area (Å²) in [7, 11) is 3.32. The molecule has 26 heteroatoms. The van der Waals surface area contributed by atoms with Crippen LogP contribution in [0.1, 0.15) is 214 Å². The summed E-state index contributed by atoms with van der Waals surface area (Å²) in [4.78, 5) is 64.3. The summed E-state index contributed by atoms with van der Waals surface area (Å²) in [5.74, 6) is 1.61. The number of hydrogen-bond donors (Lipinski definition) is 2. The van der Waals surface area contributed by atoms with E-state index in [2.05, 4.69) is 127 Å². The van der Waals surface area contributed by atoms with Gasteiger partial charge in [0.05, 0.1) is 138 Å². The van der Waals surface area contributed by atoms with Crippen molar-refractivity contribution in [2.45, 2.75) is 170 Å². The maximum atomic E-state index is 13.8. The van der Waals surface area contributed by atoms with Gasteiger partial charge in [-0.1, -0.05) is 176 Å². The first-order valence-corrected chi connectivity index (χ1v) is 43.1. The molecule has 22 rings (SSSR count). The Kier molecular flexibility index (Phi) is 22.0. The van der Waals surface area contributed by atoms with Crippen LogP contribution >= 0.6 is 62.3 Å². The number of fused-ring (bicyclic) bond motifs is 12. The summed E-state index contributed by atoms with van der Waals surface area (Å²) in [6.45, 7) is 1.14. The lowest BCUT2D eigenvalue weighted by atomic mass is 9.76. The minimum absolute atomic E-state index is 0.0208. The van der Waals surface area contributed by atoms with Gasteiger partial charge in [0.25, 0.3) is 23.6 Å². The molecular weight excluding hydrogens is 1640 g/mol. The minimum Gasteiger partial charge on any atom is -0.497 e. The van der Waals surface area contributed by atoms with Crippen molar-refractivity contribution in [3.05, 3.63) is 281 Å². The average Bonchev–Trinajstić information content (AvgIpc) is 1.57. The molecule has 0 radical (unpaired) electrons. The fourth-order valence-electron chi connectivity index (χ4n) is 19.8. The third kappa shape index (κ3) is 14.7. The highest BCUT2D eigenvalue weighted by atomic mass is 79.9. The first-order valence-electron chi connectivity index (χ1n) is 40.8. The maximum Gasteiger partial charge on any atom is 0.256 e. The second-order valence-corrected chi connectivity index (χ2v) is 34.8. The average molecular weight is 1730 g/mol. The van der Waals surface area contributed by atoms with Gasteiger partial charge in [-0.15, -0.1) is 0 Å². The van der Waals surface area contributed by atoms with Crippen molar-refractivity contribution in [2.24, 2.45) is 0 Å². The van der Waals surface area contributed by atoms with Gasteiger partial charge in [-0.05, 0) is 176 Å². The smallest absolute Gasteiger partial charge is 0.256 e. The van der Waals surface area contributed by atoms with E-state index in [9.17, 15) is 19.2 Å². The van der Waals surface area contributed by atoms with Crippen LogP contribution in [0.5, 0.6) is 11.5 Å². The molecule has 0 bridgehead atoms. The summed E-state index contributed by atoms with van der Waals surface area (Å²) < 4.78 is 17.7. The van der Waals surface area contributed by atoms with Crippen LogP contribution in [-0.4, -0.2) is 102 Å². The molecule has 4 fully saturated rings. The molecule has 6 aromatic carbocycles. The predicted molar refractivity (Wildman–Crippen MR) is 465 cm³/mol. The Morgan fingerprint density at radius 2 is 0.790 bits per heavy atom. The Labute approximate surface area is 717 Å². The van der Waals surface area contributed by atoms with Gasteiger partial charge in [-0.2, -0.15) is 30.6 Å². The zero-order chi connectivity index (χ0) is 81.7. The van der Waals surface area contributed by atoms with E-state index < -0.39 is 0 Å². The minimum atomic E-state index is -0.340. The van der Waals surface area contributed by atoms with Crippen molar-refractivity contribution < 1.29 is 28.7 Å². The number of benzene rings is 6. The molecule has 604 valence electrons. The van der Waals surface area contributed by atoms with Gasteiger partial charge in [0.15, 0.2) is 0 Å². The Morgan fingerprint density at radius 1 is 0.420 bits per heavy atom. The zero-order valence-electron chi connectivity index (χ0n) is 65.9. The molecule has 4 spiro atoms. The second-order valence-electron chi connectivity index (χ2n) is 32.3. The van der Waals surface area contributed by atoms with Gasteiger partial charge in [-0.3, -0.25) is 19.2 Å². The zero-order valence-corrected chi connectivity index (χ0v) is 70.5. The maximum absolute atomic E-state index is 13.8.